The van der Waals surface area contributed by atoms with Crippen molar-refractivity contribution in [3.05, 3.63) is 54.1 Å². The van der Waals surface area contributed by atoms with Crippen LogP contribution in [0.25, 0.3) is 0 Å². The molecule has 1 fully saturated rings. The lowest BCUT2D eigenvalue weighted by Crippen LogP contribution is -2.21. The zero-order valence-electron chi connectivity index (χ0n) is 14.7. The van der Waals surface area contributed by atoms with Crippen molar-refractivity contribution in [1.29, 1.82) is 0 Å². The van der Waals surface area contributed by atoms with Crippen LogP contribution in [-0.4, -0.2) is 25.7 Å². The van der Waals surface area contributed by atoms with Gasteiger partial charge in [-0.3, -0.25) is 9.52 Å². The molecule has 0 spiro atoms. The molecule has 138 valence electrons. The fourth-order valence-corrected chi connectivity index (χ4v) is 3.91. The molecular weight excluding hydrogens is 352 g/mol. The lowest BCUT2D eigenvalue weighted by atomic mass is 10.1. The van der Waals surface area contributed by atoms with Crippen LogP contribution in [0.5, 0.6) is 5.75 Å². The molecule has 2 aromatic rings. The summed E-state index contributed by atoms with van der Waals surface area (Å²) < 4.78 is 32.7. The lowest BCUT2D eigenvalue weighted by Gasteiger charge is -2.16. The molecule has 1 saturated carbocycles. The number of benzene rings is 2. The van der Waals surface area contributed by atoms with Crippen LogP contribution >= 0.6 is 0 Å². The molecule has 1 aliphatic carbocycles. The predicted octanol–water partition coefficient (Wildman–Crippen LogP) is 3.63. The van der Waals surface area contributed by atoms with Gasteiger partial charge in [0.25, 0.3) is 5.91 Å². The summed E-state index contributed by atoms with van der Waals surface area (Å²) >= 11 is 0. The normalized spacial score (nSPS) is 14.1. The van der Waals surface area contributed by atoms with E-state index in [9.17, 15) is 13.2 Å². The summed E-state index contributed by atoms with van der Waals surface area (Å²) in [6.07, 6.45) is 1.28. The van der Waals surface area contributed by atoms with Gasteiger partial charge in [-0.1, -0.05) is 24.3 Å². The zero-order chi connectivity index (χ0) is 18.7. The Hall–Kier alpha value is -2.54. The van der Waals surface area contributed by atoms with Crippen molar-refractivity contribution in [2.24, 2.45) is 0 Å². The molecule has 0 heterocycles. The van der Waals surface area contributed by atoms with E-state index in [1.807, 2.05) is 19.9 Å². The molecule has 0 saturated heterocycles. The third-order valence-corrected chi connectivity index (χ3v) is 5.74. The monoisotopic (exact) mass is 374 g/mol. The highest BCUT2D eigenvalue weighted by atomic mass is 32.2. The summed E-state index contributed by atoms with van der Waals surface area (Å²) in [4.78, 5) is 12.7. The first-order valence-corrected chi connectivity index (χ1v) is 10.1. The van der Waals surface area contributed by atoms with E-state index in [2.05, 4.69) is 10.0 Å². The van der Waals surface area contributed by atoms with Crippen molar-refractivity contribution < 1.29 is 17.9 Å². The summed E-state index contributed by atoms with van der Waals surface area (Å²) in [5, 5.41) is 2.44. The summed E-state index contributed by atoms with van der Waals surface area (Å²) in [7, 11) is -3.45. The van der Waals surface area contributed by atoms with Gasteiger partial charge in [0.15, 0.2) is 0 Å². The van der Waals surface area contributed by atoms with Crippen LogP contribution in [0.15, 0.2) is 48.5 Å². The van der Waals surface area contributed by atoms with Gasteiger partial charge < -0.3 is 10.1 Å². The number of rotatable bonds is 7. The fraction of sp³-hybridized carbons (Fsp3) is 0.316. The predicted molar refractivity (Wildman–Crippen MR) is 102 cm³/mol. The molecular formula is C19H22N2O4S. The maximum Gasteiger partial charge on any atom is 0.257 e. The average Bonchev–Trinajstić information content (AvgIpc) is 3.42. The SMILES string of the molecule is CC(C)Oc1ccccc1NC(=O)c1ccccc1NS(=O)(=O)C1CC1. The van der Waals surface area contributed by atoms with E-state index in [0.717, 1.165) is 0 Å². The maximum absolute atomic E-state index is 12.7. The van der Waals surface area contributed by atoms with Crippen molar-refractivity contribution in [3.63, 3.8) is 0 Å². The molecule has 1 aliphatic rings. The molecule has 2 N–H and O–H groups in total. The number of carbonyl (C=O) groups is 1. The summed E-state index contributed by atoms with van der Waals surface area (Å²) in [6, 6.07) is 13.7. The zero-order valence-corrected chi connectivity index (χ0v) is 15.5. The summed E-state index contributed by atoms with van der Waals surface area (Å²) in [5.74, 6) is 0.158. The van der Waals surface area contributed by atoms with Gasteiger partial charge in [0, 0.05) is 0 Å². The molecule has 0 bridgehead atoms. The Labute approximate surface area is 153 Å². The van der Waals surface area contributed by atoms with Crippen LogP contribution < -0.4 is 14.8 Å². The molecule has 2 aromatic carbocycles. The number of sulfonamides is 1. The van der Waals surface area contributed by atoms with Crippen molar-refractivity contribution in [1.82, 2.24) is 0 Å². The van der Waals surface area contributed by atoms with Gasteiger partial charge in [-0.2, -0.15) is 0 Å². The van der Waals surface area contributed by atoms with Crippen LogP contribution in [0, 0.1) is 0 Å². The Bertz CT molecular complexity index is 905. The first-order chi connectivity index (χ1) is 12.4. The average molecular weight is 374 g/mol. The number of ether oxygens (including phenoxy) is 1. The second-order valence-electron chi connectivity index (χ2n) is 6.51. The Balaban J connectivity index is 1.83. The largest absolute Gasteiger partial charge is 0.489 e. The lowest BCUT2D eigenvalue weighted by molar-refractivity contribution is 0.102. The smallest absolute Gasteiger partial charge is 0.257 e. The first kappa shape index (κ1) is 18.3. The minimum Gasteiger partial charge on any atom is -0.489 e. The molecule has 1 amide bonds. The van der Waals surface area contributed by atoms with E-state index in [4.69, 9.17) is 4.74 Å². The molecule has 0 radical (unpaired) electrons. The van der Waals surface area contributed by atoms with Gasteiger partial charge in [-0.05, 0) is 51.0 Å². The Kier molecular flexibility index (Phi) is 5.18. The van der Waals surface area contributed by atoms with Crippen LogP contribution in [0.4, 0.5) is 11.4 Å². The quantitative estimate of drug-likeness (QED) is 0.775. The second-order valence-corrected chi connectivity index (χ2v) is 8.47. The van der Waals surface area contributed by atoms with Crippen LogP contribution in [-0.2, 0) is 10.0 Å². The number of nitrogens with one attached hydrogen (secondary N) is 2. The number of carbonyl (C=O) groups excluding carboxylic acids is 1. The molecule has 0 unspecified atom stereocenters. The van der Waals surface area contributed by atoms with Gasteiger partial charge in [-0.15, -0.1) is 0 Å². The minimum absolute atomic E-state index is 0.0364. The Morgan fingerprint density at radius 3 is 2.31 bits per heavy atom. The van der Waals surface area contributed by atoms with E-state index in [0.29, 0.717) is 24.3 Å². The highest BCUT2D eigenvalue weighted by molar-refractivity contribution is 7.93. The molecule has 0 aromatic heterocycles. The fourth-order valence-electron chi connectivity index (χ4n) is 2.50. The van der Waals surface area contributed by atoms with Crippen LogP contribution in [0.3, 0.4) is 0 Å². The van der Waals surface area contributed by atoms with E-state index in [1.165, 1.54) is 0 Å². The van der Waals surface area contributed by atoms with Crippen molar-refractivity contribution in [3.8, 4) is 5.75 Å². The summed E-state index contributed by atoms with van der Waals surface area (Å²) in [6.45, 7) is 3.81. The van der Waals surface area contributed by atoms with Crippen molar-refractivity contribution in [2.45, 2.75) is 38.0 Å². The molecule has 3 rings (SSSR count). The summed E-state index contributed by atoms with van der Waals surface area (Å²) in [5.41, 5.74) is 1.07. The minimum atomic E-state index is -3.45. The number of hydrogen-bond donors (Lipinski definition) is 2. The van der Waals surface area contributed by atoms with E-state index in [-0.39, 0.29) is 22.6 Å². The van der Waals surface area contributed by atoms with E-state index in [1.54, 1.807) is 42.5 Å². The molecule has 0 atom stereocenters. The standard InChI is InChI=1S/C19H22N2O4S/c1-13(2)25-18-10-6-5-9-17(18)20-19(22)15-7-3-4-8-16(15)21-26(23,24)14-11-12-14/h3-10,13-14,21H,11-12H2,1-2H3,(H,20,22). The third kappa shape index (κ3) is 4.35. The van der Waals surface area contributed by atoms with Gasteiger partial charge in [0.1, 0.15) is 5.75 Å². The van der Waals surface area contributed by atoms with Gasteiger partial charge in [0.2, 0.25) is 10.0 Å². The first-order valence-electron chi connectivity index (χ1n) is 8.54. The number of anilines is 2. The topological polar surface area (TPSA) is 84.5 Å². The van der Waals surface area contributed by atoms with Crippen molar-refractivity contribution >= 4 is 27.3 Å². The Morgan fingerprint density at radius 2 is 1.65 bits per heavy atom. The van der Waals surface area contributed by atoms with Gasteiger partial charge in [-0.25, -0.2) is 8.42 Å². The highest BCUT2D eigenvalue weighted by Crippen LogP contribution is 2.31. The molecule has 6 nitrogen and oxygen atoms in total. The van der Waals surface area contributed by atoms with Crippen LogP contribution in [0.1, 0.15) is 37.0 Å². The van der Waals surface area contributed by atoms with E-state index >= 15 is 0 Å². The second kappa shape index (κ2) is 7.37. The van der Waals surface area contributed by atoms with E-state index < -0.39 is 15.9 Å². The Morgan fingerprint density at radius 1 is 1.04 bits per heavy atom. The van der Waals surface area contributed by atoms with Gasteiger partial charge >= 0.3 is 0 Å². The van der Waals surface area contributed by atoms with Gasteiger partial charge in [0.05, 0.1) is 28.3 Å². The maximum atomic E-state index is 12.7. The number of para-hydroxylation sites is 3. The molecule has 7 heteroatoms. The number of hydrogen-bond acceptors (Lipinski definition) is 4. The highest BCUT2D eigenvalue weighted by Gasteiger charge is 2.36. The molecule has 0 aliphatic heterocycles. The number of amides is 1. The third-order valence-electron chi connectivity index (χ3n) is 3.89. The van der Waals surface area contributed by atoms with Crippen molar-refractivity contribution in [2.75, 3.05) is 10.0 Å². The van der Waals surface area contributed by atoms with Crippen LogP contribution in [0.2, 0.25) is 0 Å². The molecule has 26 heavy (non-hydrogen) atoms.